The quantitative estimate of drug-likeness (QED) is 0.467. The lowest BCUT2D eigenvalue weighted by Crippen LogP contribution is -2.55. The van der Waals surface area contributed by atoms with Crippen molar-refractivity contribution in [2.45, 2.75) is 11.7 Å². The molecule has 1 aliphatic carbocycles. The monoisotopic (exact) mass is 198 g/mol. The van der Waals surface area contributed by atoms with E-state index < -0.39 is 29.2 Å². The molecular weight excluding hydrogens is 192 g/mol. The predicted octanol–water partition coefficient (Wildman–Crippen LogP) is -3.93. The minimum absolute atomic E-state index is 0.475. The summed E-state index contributed by atoms with van der Waals surface area (Å²) in [7, 11) is 0. The third kappa shape index (κ3) is 1.52. The molecule has 76 valence electrons. The van der Waals surface area contributed by atoms with Gasteiger partial charge in [0, 0.05) is 0 Å². The van der Waals surface area contributed by atoms with Crippen LogP contribution in [0.5, 0.6) is 0 Å². The molecule has 0 amide bonds. The number of aliphatic carboxylic acids is 2. The van der Waals surface area contributed by atoms with E-state index in [1.54, 1.807) is 0 Å². The normalized spacial score (nSPS) is 31.0. The van der Waals surface area contributed by atoms with Crippen molar-refractivity contribution >= 4 is 11.9 Å². The largest absolute Gasteiger partial charge is 0.547 e. The minimum Gasteiger partial charge on any atom is -0.547 e. The Hall–Kier alpha value is -1.66. The van der Waals surface area contributed by atoms with Gasteiger partial charge in [-0.1, -0.05) is 12.2 Å². The first-order chi connectivity index (χ1) is 6.38. The highest BCUT2D eigenvalue weighted by Crippen LogP contribution is 2.21. The summed E-state index contributed by atoms with van der Waals surface area (Å²) in [6, 6.07) is 0. The van der Waals surface area contributed by atoms with Gasteiger partial charge in [-0.2, -0.15) is 0 Å². The van der Waals surface area contributed by atoms with E-state index in [4.69, 9.17) is 5.11 Å². The Labute approximate surface area is 78.4 Å². The molecule has 0 heterocycles. The van der Waals surface area contributed by atoms with Crippen LogP contribution in [-0.2, 0) is 9.59 Å². The van der Waals surface area contributed by atoms with Gasteiger partial charge >= 0.3 is 0 Å². The second-order valence-electron chi connectivity index (χ2n) is 2.80. The number of aliphatic hydroxyl groups excluding tert-OH is 1. The number of carboxylic acids is 2. The number of hydrogen-bond donors (Lipinski definition) is 2. The molecular formula is C8H6O6-2. The molecule has 0 bridgehead atoms. The van der Waals surface area contributed by atoms with Gasteiger partial charge in [0.15, 0.2) is 5.60 Å². The molecule has 2 N–H and O–H groups in total. The van der Waals surface area contributed by atoms with Crippen molar-refractivity contribution in [1.82, 2.24) is 0 Å². The van der Waals surface area contributed by atoms with E-state index in [0.717, 1.165) is 12.2 Å². The Bertz CT molecular complexity index is 342. The summed E-state index contributed by atoms with van der Waals surface area (Å²) in [4.78, 5) is 20.8. The third-order valence-corrected chi connectivity index (χ3v) is 1.85. The van der Waals surface area contributed by atoms with Crippen LogP contribution in [0.3, 0.4) is 0 Å². The van der Waals surface area contributed by atoms with E-state index in [1.165, 1.54) is 0 Å². The lowest BCUT2D eigenvalue weighted by atomic mass is 9.89. The van der Waals surface area contributed by atoms with Crippen LogP contribution >= 0.6 is 0 Å². The Balaban J connectivity index is 3.14. The SMILES string of the molecule is O=C([O-])C1=CC(O)(C(=O)[O-])C(O)C=C1. The molecule has 0 spiro atoms. The van der Waals surface area contributed by atoms with Crippen LogP contribution < -0.4 is 10.2 Å². The summed E-state index contributed by atoms with van der Waals surface area (Å²) < 4.78 is 0. The topological polar surface area (TPSA) is 121 Å². The Morgan fingerprint density at radius 2 is 2.00 bits per heavy atom. The van der Waals surface area contributed by atoms with Crippen LogP contribution in [0.4, 0.5) is 0 Å². The number of carbonyl (C=O) groups is 2. The highest BCUT2D eigenvalue weighted by atomic mass is 16.4. The van der Waals surface area contributed by atoms with E-state index in [0.29, 0.717) is 6.08 Å². The molecule has 0 fully saturated rings. The average molecular weight is 198 g/mol. The zero-order chi connectivity index (χ0) is 10.9. The highest BCUT2D eigenvalue weighted by molar-refractivity contribution is 5.92. The molecule has 14 heavy (non-hydrogen) atoms. The number of rotatable bonds is 2. The molecule has 0 saturated carbocycles. The summed E-state index contributed by atoms with van der Waals surface area (Å²) in [5.41, 5.74) is -3.24. The summed E-state index contributed by atoms with van der Waals surface area (Å²) in [5, 5.41) is 39.2. The van der Waals surface area contributed by atoms with Crippen molar-refractivity contribution in [3.8, 4) is 0 Å². The van der Waals surface area contributed by atoms with Crippen molar-refractivity contribution in [2.75, 3.05) is 0 Å². The fourth-order valence-corrected chi connectivity index (χ4v) is 1.02. The summed E-state index contributed by atoms with van der Waals surface area (Å²) in [5.74, 6) is -3.62. The zero-order valence-electron chi connectivity index (χ0n) is 6.84. The van der Waals surface area contributed by atoms with Crippen LogP contribution in [0.15, 0.2) is 23.8 Å². The molecule has 6 nitrogen and oxygen atoms in total. The van der Waals surface area contributed by atoms with E-state index in [9.17, 15) is 24.9 Å². The highest BCUT2D eigenvalue weighted by Gasteiger charge is 2.36. The predicted molar refractivity (Wildman–Crippen MR) is 38.2 cm³/mol. The van der Waals surface area contributed by atoms with Crippen LogP contribution in [-0.4, -0.2) is 33.9 Å². The Morgan fingerprint density at radius 1 is 1.43 bits per heavy atom. The van der Waals surface area contributed by atoms with Gasteiger partial charge in [-0.15, -0.1) is 0 Å². The van der Waals surface area contributed by atoms with Gasteiger partial charge in [0.25, 0.3) is 0 Å². The molecule has 0 aromatic heterocycles. The van der Waals surface area contributed by atoms with Gasteiger partial charge in [-0.25, -0.2) is 0 Å². The number of hydrogen-bond acceptors (Lipinski definition) is 6. The van der Waals surface area contributed by atoms with Gasteiger partial charge in [0.1, 0.15) is 6.10 Å². The van der Waals surface area contributed by atoms with E-state index >= 15 is 0 Å². The fraction of sp³-hybridized carbons (Fsp3) is 0.250. The third-order valence-electron chi connectivity index (χ3n) is 1.85. The molecule has 2 unspecified atom stereocenters. The molecule has 1 rings (SSSR count). The molecule has 2 atom stereocenters. The molecule has 0 aromatic carbocycles. The summed E-state index contributed by atoms with van der Waals surface area (Å²) in [6.07, 6.45) is 0.510. The second kappa shape index (κ2) is 3.24. The van der Waals surface area contributed by atoms with Crippen LogP contribution in [0.2, 0.25) is 0 Å². The first-order valence-electron chi connectivity index (χ1n) is 3.62. The molecule has 6 heteroatoms. The molecule has 1 aliphatic rings. The minimum atomic E-state index is -2.72. The zero-order valence-corrected chi connectivity index (χ0v) is 6.84. The number of carboxylic acid groups (broad SMARTS) is 2. The van der Waals surface area contributed by atoms with Gasteiger partial charge in [0.05, 0.1) is 11.9 Å². The van der Waals surface area contributed by atoms with Crippen LogP contribution in [0.25, 0.3) is 0 Å². The lowest BCUT2D eigenvalue weighted by Gasteiger charge is -2.32. The van der Waals surface area contributed by atoms with Gasteiger partial charge in [0.2, 0.25) is 0 Å². The summed E-state index contributed by atoms with van der Waals surface area (Å²) >= 11 is 0. The lowest BCUT2D eigenvalue weighted by molar-refractivity contribution is -0.324. The maximum absolute atomic E-state index is 10.4. The molecule has 0 saturated heterocycles. The maximum atomic E-state index is 10.4. The van der Waals surface area contributed by atoms with Crippen molar-refractivity contribution in [3.05, 3.63) is 23.8 Å². The van der Waals surface area contributed by atoms with Crippen molar-refractivity contribution < 1.29 is 30.0 Å². The van der Waals surface area contributed by atoms with Gasteiger partial charge in [-0.05, 0) is 11.6 Å². The number of carbonyl (C=O) groups excluding carboxylic acids is 2. The second-order valence-corrected chi connectivity index (χ2v) is 2.80. The van der Waals surface area contributed by atoms with Crippen molar-refractivity contribution in [2.24, 2.45) is 0 Å². The van der Waals surface area contributed by atoms with E-state index in [2.05, 4.69) is 0 Å². The maximum Gasteiger partial charge on any atom is 0.152 e. The molecule has 0 radical (unpaired) electrons. The Morgan fingerprint density at radius 3 is 2.43 bits per heavy atom. The Kier molecular flexibility index (Phi) is 2.41. The smallest absolute Gasteiger partial charge is 0.152 e. The average Bonchev–Trinajstić information content (AvgIpc) is 2.09. The van der Waals surface area contributed by atoms with Gasteiger partial charge in [-0.3, -0.25) is 0 Å². The first-order valence-corrected chi connectivity index (χ1v) is 3.62. The summed E-state index contributed by atoms with van der Waals surface area (Å²) in [6.45, 7) is 0. The van der Waals surface area contributed by atoms with E-state index in [-0.39, 0.29) is 0 Å². The molecule has 0 aliphatic heterocycles. The molecule has 0 aromatic rings. The van der Waals surface area contributed by atoms with Crippen LogP contribution in [0.1, 0.15) is 0 Å². The van der Waals surface area contributed by atoms with Gasteiger partial charge < -0.3 is 30.0 Å². The fourth-order valence-electron chi connectivity index (χ4n) is 1.02. The van der Waals surface area contributed by atoms with E-state index in [1.807, 2.05) is 0 Å². The first kappa shape index (κ1) is 10.4. The van der Waals surface area contributed by atoms with Crippen molar-refractivity contribution in [3.63, 3.8) is 0 Å². The number of aliphatic hydroxyl groups is 2. The standard InChI is InChI=1S/C8H8O6/c9-5-2-1-4(6(10)11)3-8(5,14)7(12)13/h1-3,5,9,14H,(H,10,11)(H,12,13)/p-2. The van der Waals surface area contributed by atoms with Crippen LogP contribution in [0, 0.1) is 0 Å². The van der Waals surface area contributed by atoms with Crippen molar-refractivity contribution in [1.29, 1.82) is 0 Å².